The van der Waals surface area contributed by atoms with Gasteiger partial charge in [-0.25, -0.2) is 0 Å². The lowest BCUT2D eigenvalue weighted by Crippen LogP contribution is -2.38. The fourth-order valence-electron chi connectivity index (χ4n) is 4.29. The van der Waals surface area contributed by atoms with Gasteiger partial charge in [0.15, 0.2) is 11.8 Å². The van der Waals surface area contributed by atoms with Gasteiger partial charge in [-0.05, 0) is 50.3 Å². The Morgan fingerprint density at radius 1 is 1.10 bits per heavy atom. The molecule has 1 unspecified atom stereocenters. The first kappa shape index (κ1) is 22.8. The molecule has 1 aromatic carbocycles. The third-order valence-electron chi connectivity index (χ3n) is 6.02. The molecule has 2 N–H and O–H groups in total. The molecule has 0 radical (unpaired) electrons. The number of rotatable bonds is 5. The molecule has 1 aromatic heterocycles. The van der Waals surface area contributed by atoms with Crippen molar-refractivity contribution in [1.29, 1.82) is 0 Å². The van der Waals surface area contributed by atoms with Crippen molar-refractivity contribution in [3.05, 3.63) is 41.5 Å². The van der Waals surface area contributed by atoms with Gasteiger partial charge < -0.3 is 20.1 Å². The number of hydrogen-bond donors (Lipinski definition) is 2. The van der Waals surface area contributed by atoms with Gasteiger partial charge in [-0.2, -0.15) is 0 Å². The van der Waals surface area contributed by atoms with Gasteiger partial charge >= 0.3 is 0 Å². The van der Waals surface area contributed by atoms with Gasteiger partial charge in [0.25, 0.3) is 0 Å². The molecular weight excluding hydrogens is 489 g/mol. The average molecular weight is 523 g/mol. The van der Waals surface area contributed by atoms with Crippen LogP contribution in [0.4, 0.5) is 5.69 Å². The first-order valence-electron chi connectivity index (χ1n) is 11.0. The second-order valence-corrected chi connectivity index (χ2v) is 8.08. The predicted octanol–water partition coefficient (Wildman–Crippen LogP) is 3.65. The molecule has 1 saturated heterocycles. The Morgan fingerprint density at radius 2 is 1.90 bits per heavy atom. The molecule has 0 spiro atoms. The van der Waals surface area contributed by atoms with Gasteiger partial charge in [0.1, 0.15) is 5.82 Å². The molecule has 164 valence electrons. The summed E-state index contributed by atoms with van der Waals surface area (Å²) in [6.07, 6.45) is 7.30. The van der Waals surface area contributed by atoms with Gasteiger partial charge in [0.2, 0.25) is 0 Å². The fourth-order valence-corrected chi connectivity index (χ4v) is 4.29. The van der Waals surface area contributed by atoms with Crippen LogP contribution in [0.3, 0.4) is 0 Å². The van der Waals surface area contributed by atoms with Gasteiger partial charge in [0.05, 0.1) is 12.6 Å². The molecule has 0 aliphatic carbocycles. The number of fused-ring (bicyclic) bond motifs is 1. The number of halogens is 1. The zero-order valence-electron chi connectivity index (χ0n) is 18.1. The molecule has 0 bridgehead atoms. The van der Waals surface area contributed by atoms with Crippen molar-refractivity contribution in [2.24, 2.45) is 4.99 Å². The fraction of sp³-hybridized carbons (Fsp3) is 0.591. The largest absolute Gasteiger partial charge is 0.372 e. The molecule has 8 heteroatoms. The quantitative estimate of drug-likeness (QED) is 0.356. The van der Waals surface area contributed by atoms with Gasteiger partial charge in [-0.15, -0.1) is 34.2 Å². The maximum atomic E-state index is 4.41. The maximum absolute atomic E-state index is 4.41. The SMILES string of the molecule is CN=C(NCc1nnc2n1CCCCC2)NC(C)c1cccc(N2CCCC2)c1.I. The van der Waals surface area contributed by atoms with Crippen LogP contribution in [0.2, 0.25) is 0 Å². The molecule has 2 aliphatic heterocycles. The summed E-state index contributed by atoms with van der Waals surface area (Å²) < 4.78 is 2.27. The minimum Gasteiger partial charge on any atom is -0.372 e. The number of hydrogen-bond acceptors (Lipinski definition) is 4. The molecular formula is C22H34IN7. The summed E-state index contributed by atoms with van der Waals surface area (Å²) in [7, 11) is 1.81. The van der Waals surface area contributed by atoms with Crippen LogP contribution in [-0.4, -0.2) is 40.9 Å². The highest BCUT2D eigenvalue weighted by Crippen LogP contribution is 2.24. The van der Waals surface area contributed by atoms with Crippen LogP contribution in [0.15, 0.2) is 29.3 Å². The second kappa shape index (κ2) is 11.0. The van der Waals surface area contributed by atoms with E-state index >= 15 is 0 Å². The number of guanidine groups is 1. The van der Waals surface area contributed by atoms with Crippen LogP contribution in [0, 0.1) is 0 Å². The van der Waals surface area contributed by atoms with Crippen molar-refractivity contribution in [1.82, 2.24) is 25.4 Å². The molecule has 7 nitrogen and oxygen atoms in total. The van der Waals surface area contributed by atoms with Gasteiger partial charge in [-0.3, -0.25) is 4.99 Å². The maximum Gasteiger partial charge on any atom is 0.191 e. The van der Waals surface area contributed by atoms with E-state index in [-0.39, 0.29) is 30.0 Å². The average Bonchev–Trinajstić information content (AvgIpc) is 3.36. The van der Waals surface area contributed by atoms with E-state index in [2.05, 4.69) is 66.5 Å². The number of anilines is 1. The number of aliphatic imine (C=N–C) groups is 1. The third kappa shape index (κ3) is 5.44. The van der Waals surface area contributed by atoms with Crippen molar-refractivity contribution in [2.45, 2.75) is 64.6 Å². The summed E-state index contributed by atoms with van der Waals surface area (Å²) in [5, 5.41) is 15.7. The Bertz CT molecular complexity index is 842. The van der Waals surface area contributed by atoms with Crippen LogP contribution in [-0.2, 0) is 19.5 Å². The highest BCUT2D eigenvalue weighted by Gasteiger charge is 2.16. The molecule has 1 atom stereocenters. The van der Waals surface area contributed by atoms with Crippen molar-refractivity contribution in [3.8, 4) is 0 Å². The standard InChI is InChI=1S/C22H33N7.HI/c1-17(18-9-8-10-19(15-18)28-12-6-7-13-28)25-22(23-2)24-16-21-27-26-20-11-4-3-5-14-29(20)21;/h8-10,15,17H,3-7,11-14,16H2,1-2H3,(H2,23,24,25);1H. The molecule has 2 aromatic rings. The van der Waals surface area contributed by atoms with E-state index in [0.717, 1.165) is 43.7 Å². The molecule has 4 rings (SSSR count). The van der Waals surface area contributed by atoms with E-state index < -0.39 is 0 Å². The van der Waals surface area contributed by atoms with Crippen LogP contribution in [0.1, 0.15) is 62.3 Å². The number of aryl methyl sites for hydroxylation is 1. The Kier molecular flexibility index (Phi) is 8.35. The topological polar surface area (TPSA) is 70.4 Å². The Hall–Kier alpha value is -1.84. The number of nitrogens with one attached hydrogen (secondary N) is 2. The molecule has 0 saturated carbocycles. The lowest BCUT2D eigenvalue weighted by molar-refractivity contribution is 0.594. The van der Waals surface area contributed by atoms with E-state index in [1.54, 1.807) is 0 Å². The Morgan fingerprint density at radius 3 is 2.70 bits per heavy atom. The van der Waals surface area contributed by atoms with Crippen LogP contribution in [0.5, 0.6) is 0 Å². The smallest absolute Gasteiger partial charge is 0.191 e. The highest BCUT2D eigenvalue weighted by molar-refractivity contribution is 14.0. The minimum atomic E-state index is 0. The van der Waals surface area contributed by atoms with Crippen LogP contribution < -0.4 is 15.5 Å². The summed E-state index contributed by atoms with van der Waals surface area (Å²) in [6.45, 7) is 6.16. The lowest BCUT2D eigenvalue weighted by atomic mass is 10.1. The van der Waals surface area contributed by atoms with Crippen molar-refractivity contribution in [3.63, 3.8) is 0 Å². The normalized spacial score (nSPS) is 17.7. The number of benzene rings is 1. The molecule has 1 fully saturated rings. The summed E-state index contributed by atoms with van der Waals surface area (Å²) in [6, 6.07) is 9.02. The summed E-state index contributed by atoms with van der Waals surface area (Å²) in [4.78, 5) is 6.88. The van der Waals surface area contributed by atoms with E-state index in [1.165, 1.54) is 43.4 Å². The summed E-state index contributed by atoms with van der Waals surface area (Å²) in [5.41, 5.74) is 2.59. The van der Waals surface area contributed by atoms with Crippen molar-refractivity contribution in [2.75, 3.05) is 25.0 Å². The van der Waals surface area contributed by atoms with E-state index in [9.17, 15) is 0 Å². The van der Waals surface area contributed by atoms with Crippen molar-refractivity contribution >= 4 is 35.6 Å². The van der Waals surface area contributed by atoms with E-state index in [1.807, 2.05) is 7.05 Å². The first-order valence-corrected chi connectivity index (χ1v) is 11.0. The van der Waals surface area contributed by atoms with Crippen LogP contribution in [0.25, 0.3) is 0 Å². The van der Waals surface area contributed by atoms with Crippen LogP contribution >= 0.6 is 24.0 Å². The minimum absolute atomic E-state index is 0. The zero-order valence-corrected chi connectivity index (χ0v) is 20.4. The van der Waals surface area contributed by atoms with E-state index in [0.29, 0.717) is 6.54 Å². The summed E-state index contributed by atoms with van der Waals surface area (Å²) in [5.74, 6) is 2.90. The van der Waals surface area contributed by atoms with Crippen molar-refractivity contribution < 1.29 is 0 Å². The molecule has 0 amide bonds. The van der Waals surface area contributed by atoms with E-state index in [4.69, 9.17) is 0 Å². The monoisotopic (exact) mass is 523 g/mol. The van der Waals surface area contributed by atoms with Gasteiger partial charge in [-0.1, -0.05) is 18.6 Å². The third-order valence-corrected chi connectivity index (χ3v) is 6.02. The van der Waals surface area contributed by atoms with Gasteiger partial charge in [0, 0.05) is 38.8 Å². The zero-order chi connectivity index (χ0) is 20.1. The summed E-state index contributed by atoms with van der Waals surface area (Å²) >= 11 is 0. The predicted molar refractivity (Wildman–Crippen MR) is 133 cm³/mol. The molecule has 2 aliphatic rings. The lowest BCUT2D eigenvalue weighted by Gasteiger charge is -2.22. The second-order valence-electron chi connectivity index (χ2n) is 8.08. The number of aromatic nitrogens is 3. The highest BCUT2D eigenvalue weighted by atomic mass is 127. The number of nitrogens with zero attached hydrogens (tertiary/aromatic N) is 5. The Labute approximate surface area is 196 Å². The Balaban J connectivity index is 0.00000256. The molecule has 3 heterocycles. The first-order chi connectivity index (χ1) is 14.2. The molecule has 30 heavy (non-hydrogen) atoms.